The summed E-state index contributed by atoms with van der Waals surface area (Å²) in [5.74, 6) is 0.678. The molecule has 2 aromatic carbocycles. The van der Waals surface area contributed by atoms with Gasteiger partial charge in [-0.2, -0.15) is 0 Å². The highest BCUT2D eigenvalue weighted by Crippen LogP contribution is 2.29. The Labute approximate surface area is 125 Å². The molecule has 3 nitrogen and oxygen atoms in total. The van der Waals surface area contributed by atoms with Crippen LogP contribution in [-0.2, 0) is 13.2 Å². The van der Waals surface area contributed by atoms with Crippen molar-refractivity contribution in [1.29, 1.82) is 0 Å². The highest BCUT2D eigenvalue weighted by atomic mass is 79.9. The van der Waals surface area contributed by atoms with Gasteiger partial charge in [0.2, 0.25) is 0 Å². The smallest absolute Gasteiger partial charge is 0.162 e. The van der Waals surface area contributed by atoms with E-state index < -0.39 is 0 Å². The van der Waals surface area contributed by atoms with Gasteiger partial charge in [0.05, 0.1) is 13.7 Å². The van der Waals surface area contributed by atoms with Gasteiger partial charge in [-0.15, -0.1) is 0 Å². The van der Waals surface area contributed by atoms with Crippen molar-refractivity contribution < 1.29 is 19.0 Å². The Kier molecular flexibility index (Phi) is 4.98. The van der Waals surface area contributed by atoms with Crippen molar-refractivity contribution in [3.63, 3.8) is 0 Å². The predicted octanol–water partition coefficient (Wildman–Crippen LogP) is 3.67. The maximum Gasteiger partial charge on any atom is 0.162 e. The molecule has 0 aliphatic heterocycles. The summed E-state index contributed by atoms with van der Waals surface area (Å²) < 4.78 is 25.1. The summed E-state index contributed by atoms with van der Waals surface area (Å²) in [5, 5.41) is 9.12. The maximum absolute atomic E-state index is 13.7. The molecule has 5 heteroatoms. The normalized spacial score (nSPS) is 10.4. The second-order valence-electron chi connectivity index (χ2n) is 4.17. The van der Waals surface area contributed by atoms with Crippen LogP contribution in [0.1, 0.15) is 11.1 Å². The zero-order valence-corrected chi connectivity index (χ0v) is 12.5. The lowest BCUT2D eigenvalue weighted by Crippen LogP contribution is -2.01. The first-order chi connectivity index (χ1) is 9.63. The van der Waals surface area contributed by atoms with E-state index in [-0.39, 0.29) is 19.0 Å². The van der Waals surface area contributed by atoms with Crippen LogP contribution in [0.4, 0.5) is 4.39 Å². The third-order valence-electron chi connectivity index (χ3n) is 2.81. The fourth-order valence-corrected chi connectivity index (χ4v) is 2.06. The topological polar surface area (TPSA) is 38.7 Å². The average Bonchev–Trinajstić information content (AvgIpc) is 2.46. The number of hydrogen-bond acceptors (Lipinski definition) is 3. The first-order valence-electron chi connectivity index (χ1n) is 5.98. The van der Waals surface area contributed by atoms with Crippen LogP contribution in [0.3, 0.4) is 0 Å². The highest BCUT2D eigenvalue weighted by molar-refractivity contribution is 9.10. The molecule has 0 fully saturated rings. The van der Waals surface area contributed by atoms with Gasteiger partial charge in [0.1, 0.15) is 12.4 Å². The van der Waals surface area contributed by atoms with Crippen molar-refractivity contribution in [2.45, 2.75) is 13.2 Å². The Morgan fingerprint density at radius 3 is 2.60 bits per heavy atom. The number of ether oxygens (including phenoxy) is 2. The van der Waals surface area contributed by atoms with E-state index in [1.807, 2.05) is 0 Å². The van der Waals surface area contributed by atoms with Gasteiger partial charge < -0.3 is 14.6 Å². The molecule has 1 N–H and O–H groups in total. The van der Waals surface area contributed by atoms with Crippen LogP contribution in [0, 0.1) is 5.82 Å². The molecule has 0 heterocycles. The van der Waals surface area contributed by atoms with Gasteiger partial charge >= 0.3 is 0 Å². The maximum atomic E-state index is 13.7. The molecule has 0 unspecified atom stereocenters. The molecule has 0 bridgehead atoms. The van der Waals surface area contributed by atoms with Crippen LogP contribution >= 0.6 is 15.9 Å². The lowest BCUT2D eigenvalue weighted by molar-refractivity contribution is 0.269. The van der Waals surface area contributed by atoms with Crippen LogP contribution in [0.5, 0.6) is 11.5 Å². The van der Waals surface area contributed by atoms with E-state index in [0.717, 1.165) is 0 Å². The first kappa shape index (κ1) is 14.8. The molecular weight excluding hydrogens is 327 g/mol. The predicted molar refractivity (Wildman–Crippen MR) is 77.3 cm³/mol. The van der Waals surface area contributed by atoms with Crippen molar-refractivity contribution in [2.24, 2.45) is 0 Å². The fraction of sp³-hybridized carbons (Fsp3) is 0.200. The number of halogens is 2. The second kappa shape index (κ2) is 6.72. The van der Waals surface area contributed by atoms with Crippen molar-refractivity contribution >= 4 is 15.9 Å². The summed E-state index contributed by atoms with van der Waals surface area (Å²) in [6.07, 6.45) is 0. The number of aliphatic hydroxyl groups excluding tert-OH is 1. The molecule has 0 amide bonds. The fourth-order valence-electron chi connectivity index (χ4n) is 1.73. The average molecular weight is 341 g/mol. The minimum absolute atomic E-state index is 0.0877. The number of aliphatic hydroxyl groups is 1. The van der Waals surface area contributed by atoms with Crippen molar-refractivity contribution in [2.75, 3.05) is 7.11 Å². The zero-order valence-electron chi connectivity index (χ0n) is 10.9. The van der Waals surface area contributed by atoms with Crippen LogP contribution in [0.25, 0.3) is 0 Å². The van der Waals surface area contributed by atoms with Crippen LogP contribution < -0.4 is 9.47 Å². The van der Waals surface area contributed by atoms with Gasteiger partial charge in [-0.1, -0.05) is 28.1 Å². The van der Waals surface area contributed by atoms with E-state index in [0.29, 0.717) is 27.1 Å². The highest BCUT2D eigenvalue weighted by Gasteiger charge is 2.08. The van der Waals surface area contributed by atoms with Crippen molar-refractivity contribution in [1.82, 2.24) is 0 Å². The Morgan fingerprint density at radius 2 is 1.95 bits per heavy atom. The molecular formula is C15H14BrFO3. The Morgan fingerprint density at radius 1 is 1.15 bits per heavy atom. The molecule has 0 atom stereocenters. The number of hydrogen-bond donors (Lipinski definition) is 1. The molecule has 0 aliphatic rings. The van der Waals surface area contributed by atoms with E-state index in [1.54, 1.807) is 30.3 Å². The number of rotatable bonds is 5. The summed E-state index contributed by atoms with van der Waals surface area (Å²) >= 11 is 3.21. The van der Waals surface area contributed by atoms with Gasteiger partial charge in [-0.3, -0.25) is 0 Å². The minimum Gasteiger partial charge on any atom is -0.493 e. The van der Waals surface area contributed by atoms with E-state index in [4.69, 9.17) is 14.6 Å². The quantitative estimate of drug-likeness (QED) is 0.902. The number of methoxy groups -OCH3 is 1. The second-order valence-corrected chi connectivity index (χ2v) is 5.08. The Hall–Kier alpha value is -1.59. The number of benzene rings is 2. The van der Waals surface area contributed by atoms with Crippen molar-refractivity contribution in [3.8, 4) is 11.5 Å². The van der Waals surface area contributed by atoms with Crippen LogP contribution in [0.2, 0.25) is 0 Å². The molecule has 106 valence electrons. The lowest BCUT2D eigenvalue weighted by Gasteiger charge is -2.12. The summed E-state index contributed by atoms with van der Waals surface area (Å²) in [4.78, 5) is 0. The van der Waals surface area contributed by atoms with E-state index in [9.17, 15) is 4.39 Å². The standard InChI is InChI=1S/C15H14BrFO3/c1-19-14-5-2-10(8-18)6-15(14)20-9-11-3-4-12(16)7-13(11)17/h2-7,18H,8-9H2,1H3. The molecule has 0 saturated heterocycles. The third kappa shape index (κ3) is 3.49. The summed E-state index contributed by atoms with van der Waals surface area (Å²) in [6, 6.07) is 9.92. The molecule has 0 aliphatic carbocycles. The summed E-state index contributed by atoms with van der Waals surface area (Å²) in [5.41, 5.74) is 1.15. The summed E-state index contributed by atoms with van der Waals surface area (Å²) in [7, 11) is 1.53. The Balaban J connectivity index is 2.17. The van der Waals surface area contributed by atoms with Gasteiger partial charge in [0, 0.05) is 10.0 Å². The van der Waals surface area contributed by atoms with E-state index in [1.165, 1.54) is 13.2 Å². The van der Waals surface area contributed by atoms with Crippen molar-refractivity contribution in [3.05, 3.63) is 57.8 Å². The minimum atomic E-state index is -0.336. The van der Waals surface area contributed by atoms with Gasteiger partial charge in [-0.25, -0.2) is 4.39 Å². The molecule has 20 heavy (non-hydrogen) atoms. The largest absolute Gasteiger partial charge is 0.493 e. The van der Waals surface area contributed by atoms with Gasteiger partial charge in [0.15, 0.2) is 11.5 Å². The molecule has 0 saturated carbocycles. The zero-order chi connectivity index (χ0) is 14.5. The first-order valence-corrected chi connectivity index (χ1v) is 6.78. The third-order valence-corrected chi connectivity index (χ3v) is 3.30. The molecule has 2 aromatic rings. The van der Waals surface area contributed by atoms with Gasteiger partial charge in [-0.05, 0) is 29.8 Å². The van der Waals surface area contributed by atoms with Crippen LogP contribution in [0.15, 0.2) is 40.9 Å². The van der Waals surface area contributed by atoms with E-state index in [2.05, 4.69) is 15.9 Å². The van der Waals surface area contributed by atoms with Crippen LogP contribution in [-0.4, -0.2) is 12.2 Å². The Bertz CT molecular complexity index is 602. The molecule has 2 rings (SSSR count). The summed E-state index contributed by atoms with van der Waals surface area (Å²) in [6.45, 7) is -0.00262. The lowest BCUT2D eigenvalue weighted by atomic mass is 10.2. The van der Waals surface area contributed by atoms with E-state index >= 15 is 0 Å². The molecule has 0 spiro atoms. The monoisotopic (exact) mass is 340 g/mol. The van der Waals surface area contributed by atoms with Gasteiger partial charge in [0.25, 0.3) is 0 Å². The SMILES string of the molecule is COc1ccc(CO)cc1OCc1ccc(Br)cc1F. The molecule has 0 aromatic heterocycles. The molecule has 0 radical (unpaired) electrons.